The molecule has 0 unspecified atom stereocenters. The highest BCUT2D eigenvalue weighted by molar-refractivity contribution is 7.89. The average molecular weight is 480 g/mol. The van der Waals surface area contributed by atoms with Crippen LogP contribution < -0.4 is 10.9 Å². The minimum atomic E-state index is -3.66. The van der Waals surface area contributed by atoms with E-state index < -0.39 is 21.8 Å². The summed E-state index contributed by atoms with van der Waals surface area (Å²) in [4.78, 5) is 30.5. The van der Waals surface area contributed by atoms with Crippen molar-refractivity contribution in [1.29, 1.82) is 0 Å². The van der Waals surface area contributed by atoms with Gasteiger partial charge >= 0.3 is 0 Å². The summed E-state index contributed by atoms with van der Waals surface area (Å²) in [6, 6.07) is 18.9. The summed E-state index contributed by atoms with van der Waals surface area (Å²) in [6.45, 7) is 2.88. The second kappa shape index (κ2) is 10.6. The molecule has 9 nitrogen and oxygen atoms in total. The van der Waals surface area contributed by atoms with Crippen molar-refractivity contribution in [3.63, 3.8) is 0 Å². The van der Waals surface area contributed by atoms with E-state index >= 15 is 0 Å². The maximum atomic E-state index is 13.0. The quantitative estimate of drug-likeness (QED) is 0.520. The average Bonchev–Trinajstić information content (AvgIpc) is 2.88. The third kappa shape index (κ3) is 5.66. The van der Waals surface area contributed by atoms with Crippen molar-refractivity contribution in [2.75, 3.05) is 26.2 Å². The largest absolute Gasteiger partial charge is 0.296 e. The number of piperazine rings is 1. The Kier molecular flexibility index (Phi) is 7.31. The molecular weight excluding hydrogens is 454 g/mol. The molecule has 0 aliphatic carbocycles. The molecule has 2 N–H and O–H groups in total. The number of hydrogen-bond acceptors (Lipinski definition) is 6. The van der Waals surface area contributed by atoms with E-state index in [0.717, 1.165) is 6.54 Å². The molecule has 0 bridgehead atoms. The van der Waals surface area contributed by atoms with Crippen molar-refractivity contribution < 1.29 is 18.0 Å². The summed E-state index contributed by atoms with van der Waals surface area (Å²) in [6.07, 6.45) is 2.91. The zero-order chi connectivity index (χ0) is 24.0. The van der Waals surface area contributed by atoms with Gasteiger partial charge in [-0.15, -0.1) is 0 Å². The molecule has 0 atom stereocenters. The first-order valence-electron chi connectivity index (χ1n) is 10.8. The fraction of sp³-hybridized carbons (Fsp3) is 0.208. The van der Waals surface area contributed by atoms with E-state index in [4.69, 9.17) is 0 Å². The van der Waals surface area contributed by atoms with Gasteiger partial charge in [-0.3, -0.25) is 30.3 Å². The predicted octanol–water partition coefficient (Wildman–Crippen LogP) is 1.66. The van der Waals surface area contributed by atoms with Gasteiger partial charge in [-0.05, 0) is 42.0 Å². The first-order valence-corrected chi connectivity index (χ1v) is 12.2. The van der Waals surface area contributed by atoms with Gasteiger partial charge in [0.15, 0.2) is 0 Å². The van der Waals surface area contributed by atoms with Crippen LogP contribution >= 0.6 is 0 Å². The molecule has 2 aromatic carbocycles. The molecule has 4 rings (SSSR count). The maximum Gasteiger partial charge on any atom is 0.271 e. The fourth-order valence-electron chi connectivity index (χ4n) is 3.65. The Morgan fingerprint density at radius 1 is 0.794 bits per heavy atom. The molecule has 176 valence electrons. The smallest absolute Gasteiger partial charge is 0.271 e. The molecule has 1 aromatic heterocycles. The number of aromatic nitrogens is 1. The summed E-state index contributed by atoms with van der Waals surface area (Å²) in [5.41, 5.74) is 6.34. The Morgan fingerprint density at radius 2 is 1.44 bits per heavy atom. The number of benzene rings is 2. The van der Waals surface area contributed by atoms with Crippen molar-refractivity contribution in [3.8, 4) is 0 Å². The number of rotatable bonds is 6. The van der Waals surface area contributed by atoms with Gasteiger partial charge in [-0.25, -0.2) is 8.42 Å². The van der Waals surface area contributed by atoms with Gasteiger partial charge in [-0.1, -0.05) is 30.3 Å². The second-order valence-electron chi connectivity index (χ2n) is 7.84. The molecule has 1 saturated heterocycles. The third-order valence-corrected chi connectivity index (χ3v) is 7.46. The van der Waals surface area contributed by atoms with Gasteiger partial charge < -0.3 is 0 Å². The zero-order valence-electron chi connectivity index (χ0n) is 18.4. The molecule has 1 fully saturated rings. The van der Waals surface area contributed by atoms with Crippen LogP contribution in [0.2, 0.25) is 0 Å². The van der Waals surface area contributed by atoms with Crippen LogP contribution in [0.5, 0.6) is 0 Å². The van der Waals surface area contributed by atoms with E-state index in [1.807, 2.05) is 18.2 Å². The van der Waals surface area contributed by atoms with E-state index in [0.29, 0.717) is 31.7 Å². The van der Waals surface area contributed by atoms with Crippen molar-refractivity contribution in [2.24, 2.45) is 0 Å². The molecule has 1 aliphatic heterocycles. The van der Waals surface area contributed by atoms with Gasteiger partial charge in [-0.2, -0.15) is 4.31 Å². The normalized spacial score (nSPS) is 14.9. The first kappa shape index (κ1) is 23.6. The lowest BCUT2D eigenvalue weighted by atomic mass is 10.2. The number of amides is 2. The Bertz CT molecular complexity index is 1230. The van der Waals surface area contributed by atoms with Crippen LogP contribution in [-0.2, 0) is 16.6 Å². The topological polar surface area (TPSA) is 112 Å². The van der Waals surface area contributed by atoms with E-state index in [1.165, 1.54) is 46.5 Å². The van der Waals surface area contributed by atoms with Crippen LogP contribution in [0.25, 0.3) is 0 Å². The molecule has 1 aliphatic rings. The number of hydrazine groups is 1. The van der Waals surface area contributed by atoms with Crippen molar-refractivity contribution in [3.05, 3.63) is 95.8 Å². The molecule has 34 heavy (non-hydrogen) atoms. The highest BCUT2D eigenvalue weighted by Gasteiger charge is 2.28. The molecule has 10 heteroatoms. The monoisotopic (exact) mass is 479 g/mol. The number of pyridine rings is 1. The lowest BCUT2D eigenvalue weighted by Gasteiger charge is -2.34. The van der Waals surface area contributed by atoms with Crippen molar-refractivity contribution in [1.82, 2.24) is 25.0 Å². The van der Waals surface area contributed by atoms with Gasteiger partial charge in [0.05, 0.1) is 10.5 Å². The van der Waals surface area contributed by atoms with Crippen LogP contribution in [-0.4, -0.2) is 60.6 Å². The lowest BCUT2D eigenvalue weighted by Crippen LogP contribution is -2.48. The summed E-state index contributed by atoms with van der Waals surface area (Å²) in [5.74, 6) is -1.07. The summed E-state index contributed by atoms with van der Waals surface area (Å²) in [5, 5.41) is 0. The standard InChI is InChI=1S/C24H25N5O4S/c30-23(26-27-24(31)21-7-4-12-25-17-21)20-8-10-22(11-9-20)34(32,33)29-15-13-28(14-16-29)18-19-5-2-1-3-6-19/h1-12,17H,13-16,18H2,(H,26,30)(H,27,31). The molecule has 3 aromatic rings. The number of carbonyl (C=O) groups excluding carboxylic acids is 2. The molecular formula is C24H25N5O4S. The SMILES string of the molecule is O=C(NNC(=O)c1cccnc1)c1ccc(S(=O)(=O)N2CCN(Cc3ccccc3)CC2)cc1. The summed E-state index contributed by atoms with van der Waals surface area (Å²) in [7, 11) is -3.66. The minimum absolute atomic E-state index is 0.125. The molecule has 0 spiro atoms. The van der Waals surface area contributed by atoms with Gasteiger partial charge in [0.2, 0.25) is 10.0 Å². The predicted molar refractivity (Wildman–Crippen MR) is 126 cm³/mol. The van der Waals surface area contributed by atoms with Gasteiger partial charge in [0, 0.05) is 50.7 Å². The highest BCUT2D eigenvalue weighted by atomic mass is 32.2. The lowest BCUT2D eigenvalue weighted by molar-refractivity contribution is 0.0846. The molecule has 2 amide bonds. The zero-order valence-corrected chi connectivity index (χ0v) is 19.2. The third-order valence-electron chi connectivity index (χ3n) is 5.55. The fourth-order valence-corrected chi connectivity index (χ4v) is 5.07. The molecule has 0 saturated carbocycles. The number of hydrogen-bond donors (Lipinski definition) is 2. The van der Waals surface area contributed by atoms with Crippen molar-refractivity contribution in [2.45, 2.75) is 11.4 Å². The molecule has 0 radical (unpaired) electrons. The number of nitrogens with zero attached hydrogens (tertiary/aromatic N) is 3. The minimum Gasteiger partial charge on any atom is -0.296 e. The number of nitrogens with one attached hydrogen (secondary N) is 2. The van der Waals surface area contributed by atoms with Crippen LogP contribution in [0.15, 0.2) is 84.0 Å². The summed E-state index contributed by atoms with van der Waals surface area (Å²) >= 11 is 0. The highest BCUT2D eigenvalue weighted by Crippen LogP contribution is 2.19. The van der Waals surface area contributed by atoms with Crippen LogP contribution in [0.4, 0.5) is 0 Å². The Balaban J connectivity index is 1.32. The number of carbonyl (C=O) groups is 2. The maximum absolute atomic E-state index is 13.0. The van der Waals surface area contributed by atoms with Gasteiger partial charge in [0.1, 0.15) is 0 Å². The summed E-state index contributed by atoms with van der Waals surface area (Å²) < 4.78 is 27.6. The van der Waals surface area contributed by atoms with Crippen LogP contribution in [0.1, 0.15) is 26.3 Å². The number of sulfonamides is 1. The first-order chi connectivity index (χ1) is 16.4. The Hall–Kier alpha value is -3.60. The second-order valence-corrected chi connectivity index (χ2v) is 9.78. The van der Waals surface area contributed by atoms with E-state index in [-0.39, 0.29) is 10.5 Å². The Labute approximate surface area is 198 Å². The Morgan fingerprint density at radius 3 is 2.06 bits per heavy atom. The van der Waals surface area contributed by atoms with Gasteiger partial charge in [0.25, 0.3) is 11.8 Å². The van der Waals surface area contributed by atoms with Crippen LogP contribution in [0.3, 0.4) is 0 Å². The molecule has 2 heterocycles. The van der Waals surface area contributed by atoms with Crippen LogP contribution in [0, 0.1) is 0 Å². The van der Waals surface area contributed by atoms with E-state index in [9.17, 15) is 18.0 Å². The van der Waals surface area contributed by atoms with Crippen molar-refractivity contribution >= 4 is 21.8 Å². The van der Waals surface area contributed by atoms with E-state index in [1.54, 1.807) is 12.1 Å². The van der Waals surface area contributed by atoms with E-state index in [2.05, 4.69) is 32.9 Å².